The number of nitrogens with one attached hydrogen (secondary N) is 1. The number of carbonyl (C=O) groups excluding carboxylic acids is 2. The summed E-state index contributed by atoms with van der Waals surface area (Å²) in [5.41, 5.74) is 2.89. The maximum Gasteiger partial charge on any atom is 0.302 e. The van der Waals surface area contributed by atoms with Crippen LogP contribution in [0.1, 0.15) is 35.0 Å². The standard InChI is InChI=1S/C24H23FN4O5S/c1-3-21-22(16-6-9-18(33-14-25)20(12-16)32-2)28-29(24(31)35-21)13-15-4-7-17(8-5-15)27-23(30)19-10-11-26-34-19/h4-12,21H,3,13-14H2,1-2H3,(H,27,30). The number of benzene rings is 2. The Kier molecular flexibility index (Phi) is 7.66. The highest BCUT2D eigenvalue weighted by molar-refractivity contribution is 8.14. The van der Waals surface area contributed by atoms with Crippen LogP contribution in [0.2, 0.25) is 0 Å². The van der Waals surface area contributed by atoms with E-state index in [1.54, 1.807) is 42.5 Å². The lowest BCUT2D eigenvalue weighted by Gasteiger charge is -2.28. The van der Waals surface area contributed by atoms with Crippen molar-refractivity contribution < 1.29 is 28.0 Å². The number of hydrogen-bond donors (Lipinski definition) is 1. The van der Waals surface area contributed by atoms with E-state index in [-0.39, 0.29) is 22.8 Å². The molecule has 1 aromatic heterocycles. The molecule has 1 aliphatic heterocycles. The van der Waals surface area contributed by atoms with Crippen molar-refractivity contribution in [3.05, 3.63) is 71.6 Å². The number of thioether (sulfide) groups is 1. The van der Waals surface area contributed by atoms with Crippen LogP contribution in [0.5, 0.6) is 11.5 Å². The van der Waals surface area contributed by atoms with Crippen molar-refractivity contribution in [2.45, 2.75) is 25.1 Å². The maximum atomic E-state index is 12.8. The molecule has 2 heterocycles. The number of carbonyl (C=O) groups is 2. The predicted molar refractivity (Wildman–Crippen MR) is 130 cm³/mol. The van der Waals surface area contributed by atoms with Gasteiger partial charge in [0.2, 0.25) is 12.6 Å². The van der Waals surface area contributed by atoms with Gasteiger partial charge in [-0.3, -0.25) is 9.59 Å². The fourth-order valence-corrected chi connectivity index (χ4v) is 4.42. The number of hydrazone groups is 1. The van der Waals surface area contributed by atoms with Gasteiger partial charge in [0.25, 0.3) is 5.91 Å². The summed E-state index contributed by atoms with van der Waals surface area (Å²) in [5.74, 6) is 0.378. The number of hydrogen-bond acceptors (Lipinski definition) is 8. The summed E-state index contributed by atoms with van der Waals surface area (Å²) < 4.78 is 27.8. The number of amides is 2. The maximum absolute atomic E-state index is 12.8. The molecule has 0 aliphatic carbocycles. The third kappa shape index (κ3) is 5.62. The van der Waals surface area contributed by atoms with Crippen LogP contribution in [0.25, 0.3) is 0 Å². The lowest BCUT2D eigenvalue weighted by atomic mass is 10.0. The number of halogens is 1. The van der Waals surface area contributed by atoms with E-state index in [4.69, 9.17) is 14.0 Å². The minimum Gasteiger partial charge on any atom is -0.493 e. The molecule has 2 amide bonds. The zero-order chi connectivity index (χ0) is 24.8. The molecule has 35 heavy (non-hydrogen) atoms. The number of ether oxygens (including phenoxy) is 2. The smallest absolute Gasteiger partial charge is 0.302 e. The first-order chi connectivity index (χ1) is 17.0. The van der Waals surface area contributed by atoms with E-state index in [0.29, 0.717) is 23.6 Å². The van der Waals surface area contributed by atoms with Crippen LogP contribution >= 0.6 is 11.8 Å². The van der Waals surface area contributed by atoms with Gasteiger partial charge in [-0.05, 0) is 42.3 Å². The molecule has 0 radical (unpaired) electrons. The third-order valence-corrected chi connectivity index (χ3v) is 6.49. The highest BCUT2D eigenvalue weighted by Gasteiger charge is 2.30. The molecular weight excluding hydrogens is 475 g/mol. The molecule has 1 aliphatic rings. The van der Waals surface area contributed by atoms with Crippen molar-refractivity contribution >= 4 is 34.3 Å². The van der Waals surface area contributed by atoms with Gasteiger partial charge in [-0.25, -0.2) is 9.40 Å². The molecule has 0 bridgehead atoms. The minimum absolute atomic E-state index is 0.110. The number of rotatable bonds is 9. The Morgan fingerprint density at radius 1 is 1.20 bits per heavy atom. The lowest BCUT2D eigenvalue weighted by molar-refractivity contribution is 0.0988. The van der Waals surface area contributed by atoms with Gasteiger partial charge in [0.1, 0.15) is 0 Å². The van der Waals surface area contributed by atoms with Crippen LogP contribution in [-0.4, -0.2) is 46.2 Å². The van der Waals surface area contributed by atoms with Crippen LogP contribution in [0.4, 0.5) is 14.9 Å². The van der Waals surface area contributed by atoms with Gasteiger partial charge >= 0.3 is 5.24 Å². The van der Waals surface area contributed by atoms with Gasteiger partial charge in [0.05, 0.1) is 30.8 Å². The fraction of sp³-hybridized carbons (Fsp3) is 0.250. The Balaban J connectivity index is 1.52. The highest BCUT2D eigenvalue weighted by Crippen LogP contribution is 2.34. The molecule has 0 saturated heterocycles. The van der Waals surface area contributed by atoms with Crippen molar-refractivity contribution in [2.24, 2.45) is 5.10 Å². The van der Waals surface area contributed by atoms with Crippen LogP contribution in [0.3, 0.4) is 0 Å². The molecule has 9 nitrogen and oxygen atoms in total. The molecule has 11 heteroatoms. The summed E-state index contributed by atoms with van der Waals surface area (Å²) in [5, 5.41) is 12.0. The summed E-state index contributed by atoms with van der Waals surface area (Å²) in [6.45, 7) is 1.27. The normalized spacial score (nSPS) is 15.5. The van der Waals surface area contributed by atoms with Gasteiger partial charge in [-0.15, -0.1) is 0 Å². The topological polar surface area (TPSA) is 106 Å². The van der Waals surface area contributed by atoms with Crippen LogP contribution in [-0.2, 0) is 6.54 Å². The van der Waals surface area contributed by atoms with E-state index in [9.17, 15) is 14.0 Å². The van der Waals surface area contributed by atoms with Crippen molar-refractivity contribution in [1.29, 1.82) is 0 Å². The second-order valence-electron chi connectivity index (χ2n) is 7.47. The van der Waals surface area contributed by atoms with E-state index in [1.165, 1.54) is 36.1 Å². The van der Waals surface area contributed by atoms with Gasteiger partial charge in [0, 0.05) is 17.3 Å². The number of anilines is 1. The highest BCUT2D eigenvalue weighted by atomic mass is 32.2. The van der Waals surface area contributed by atoms with Crippen molar-refractivity contribution in [3.63, 3.8) is 0 Å². The lowest BCUT2D eigenvalue weighted by Crippen LogP contribution is -2.34. The van der Waals surface area contributed by atoms with Crippen LogP contribution < -0.4 is 14.8 Å². The van der Waals surface area contributed by atoms with E-state index in [0.717, 1.165) is 16.8 Å². The van der Waals surface area contributed by atoms with E-state index in [2.05, 4.69) is 15.6 Å². The molecule has 1 N–H and O–H groups in total. The Bertz CT molecular complexity index is 1220. The second kappa shape index (κ2) is 11.0. The minimum atomic E-state index is -0.963. The molecule has 0 fully saturated rings. The quantitative estimate of drug-likeness (QED) is 0.438. The number of methoxy groups -OCH3 is 1. The Morgan fingerprint density at radius 2 is 2.00 bits per heavy atom. The van der Waals surface area contributed by atoms with Crippen LogP contribution in [0.15, 0.2) is 64.4 Å². The molecule has 182 valence electrons. The molecule has 0 saturated carbocycles. The molecule has 0 spiro atoms. The summed E-state index contributed by atoms with van der Waals surface area (Å²) >= 11 is 1.21. The molecule has 1 atom stereocenters. The summed E-state index contributed by atoms with van der Waals surface area (Å²) in [7, 11) is 1.48. The molecule has 2 aromatic carbocycles. The number of alkyl halides is 1. The van der Waals surface area contributed by atoms with Crippen molar-refractivity contribution in [3.8, 4) is 11.5 Å². The first-order valence-corrected chi connectivity index (χ1v) is 11.6. The average Bonchev–Trinajstić information content (AvgIpc) is 3.42. The monoisotopic (exact) mass is 498 g/mol. The SMILES string of the molecule is CCC1SC(=O)N(Cc2ccc(NC(=O)c3ccno3)cc2)N=C1c1ccc(OCF)c(OC)c1. The first-order valence-electron chi connectivity index (χ1n) is 10.8. The molecular formula is C24H23FN4O5S. The summed E-state index contributed by atoms with van der Waals surface area (Å²) in [6, 6.07) is 13.7. The van der Waals surface area contributed by atoms with Gasteiger partial charge < -0.3 is 19.3 Å². The summed E-state index contributed by atoms with van der Waals surface area (Å²) in [6.07, 6.45) is 2.10. The Labute approximate surface area is 205 Å². The van der Waals surface area contributed by atoms with E-state index in [1.807, 2.05) is 6.92 Å². The van der Waals surface area contributed by atoms with E-state index < -0.39 is 12.8 Å². The molecule has 1 unspecified atom stereocenters. The second-order valence-corrected chi connectivity index (χ2v) is 8.62. The van der Waals surface area contributed by atoms with E-state index >= 15 is 0 Å². The average molecular weight is 499 g/mol. The zero-order valence-corrected chi connectivity index (χ0v) is 19.9. The largest absolute Gasteiger partial charge is 0.493 e. The third-order valence-electron chi connectivity index (χ3n) is 5.23. The van der Waals surface area contributed by atoms with Crippen molar-refractivity contribution in [2.75, 3.05) is 19.3 Å². The zero-order valence-electron chi connectivity index (χ0n) is 19.1. The summed E-state index contributed by atoms with van der Waals surface area (Å²) in [4.78, 5) is 24.9. The fourth-order valence-electron chi connectivity index (χ4n) is 3.49. The molecule has 3 aromatic rings. The predicted octanol–water partition coefficient (Wildman–Crippen LogP) is 5.09. The Morgan fingerprint density at radius 3 is 2.66 bits per heavy atom. The first kappa shape index (κ1) is 24.3. The number of nitrogens with zero attached hydrogens (tertiary/aromatic N) is 3. The van der Waals surface area contributed by atoms with Gasteiger partial charge in [0.15, 0.2) is 11.5 Å². The number of aromatic nitrogens is 1. The van der Waals surface area contributed by atoms with Gasteiger partial charge in [-0.2, -0.15) is 5.10 Å². The van der Waals surface area contributed by atoms with Crippen molar-refractivity contribution in [1.82, 2.24) is 10.2 Å². The van der Waals surface area contributed by atoms with Crippen LogP contribution in [0, 0.1) is 0 Å². The van der Waals surface area contributed by atoms with Gasteiger partial charge in [-0.1, -0.05) is 36.0 Å². The molecule has 4 rings (SSSR count). The Hall–Kier alpha value is -3.86.